The lowest BCUT2D eigenvalue weighted by Crippen LogP contribution is -2.21. The molecule has 1 aromatic heterocycles. The highest BCUT2D eigenvalue weighted by molar-refractivity contribution is 5.60. The first-order chi connectivity index (χ1) is 8.03. The van der Waals surface area contributed by atoms with Crippen molar-refractivity contribution in [2.24, 2.45) is 0 Å². The molecule has 90 valence electrons. The number of nitrogens with two attached hydrogens (primary N) is 1. The van der Waals surface area contributed by atoms with E-state index in [1.54, 1.807) is 6.07 Å². The van der Waals surface area contributed by atoms with Gasteiger partial charge in [-0.05, 0) is 5.56 Å². The van der Waals surface area contributed by atoms with E-state index in [4.69, 9.17) is 10.3 Å². The van der Waals surface area contributed by atoms with Gasteiger partial charge in [0, 0.05) is 17.0 Å². The number of nitrogens with zero attached hydrogens (tertiary/aromatic N) is 1. The number of nitrogen functional groups attached to an aromatic ring is 1. The van der Waals surface area contributed by atoms with E-state index in [-0.39, 0.29) is 12.0 Å². The lowest BCUT2D eigenvalue weighted by Gasteiger charge is -2.22. The van der Waals surface area contributed by atoms with Crippen LogP contribution in [-0.4, -0.2) is 16.9 Å². The summed E-state index contributed by atoms with van der Waals surface area (Å²) in [6.07, 6.45) is 0. The molecule has 3 N–H and O–H groups in total. The third kappa shape index (κ3) is 2.31. The van der Waals surface area contributed by atoms with E-state index in [1.165, 1.54) is 0 Å². The van der Waals surface area contributed by atoms with Gasteiger partial charge in [-0.2, -0.15) is 0 Å². The Morgan fingerprint density at radius 1 is 1.29 bits per heavy atom. The maximum absolute atomic E-state index is 9.29. The van der Waals surface area contributed by atoms with Crippen LogP contribution in [0.3, 0.4) is 0 Å². The number of anilines is 1. The molecule has 0 spiro atoms. The summed E-state index contributed by atoms with van der Waals surface area (Å²) < 4.78 is 5.08. The minimum absolute atomic E-state index is 0.113. The molecule has 1 heterocycles. The van der Waals surface area contributed by atoms with Crippen LogP contribution in [0.5, 0.6) is 0 Å². The van der Waals surface area contributed by atoms with Crippen molar-refractivity contribution in [2.45, 2.75) is 19.3 Å². The first-order valence-electron chi connectivity index (χ1n) is 5.47. The van der Waals surface area contributed by atoms with Crippen molar-refractivity contribution >= 4 is 5.82 Å². The molecule has 0 amide bonds. The number of aromatic nitrogens is 1. The molecule has 0 saturated heterocycles. The summed E-state index contributed by atoms with van der Waals surface area (Å²) in [5.41, 5.74) is 7.26. The normalized spacial score (nSPS) is 11.7. The first-order valence-corrected chi connectivity index (χ1v) is 5.47. The van der Waals surface area contributed by atoms with Crippen molar-refractivity contribution in [3.8, 4) is 11.3 Å². The Labute approximate surface area is 100 Å². The van der Waals surface area contributed by atoms with E-state index in [2.05, 4.69) is 5.16 Å². The predicted octanol–water partition coefficient (Wildman–Crippen LogP) is 2.19. The van der Waals surface area contributed by atoms with Gasteiger partial charge in [-0.3, -0.25) is 0 Å². The fraction of sp³-hybridized carbons (Fsp3) is 0.308. The zero-order valence-electron chi connectivity index (χ0n) is 9.97. The lowest BCUT2D eigenvalue weighted by molar-refractivity contribution is 0.218. The lowest BCUT2D eigenvalue weighted by atomic mass is 9.85. The number of hydrogen-bond donors (Lipinski definition) is 2. The van der Waals surface area contributed by atoms with Crippen LogP contribution in [0.25, 0.3) is 11.3 Å². The van der Waals surface area contributed by atoms with Crippen molar-refractivity contribution < 1.29 is 9.63 Å². The van der Waals surface area contributed by atoms with Crippen molar-refractivity contribution in [3.63, 3.8) is 0 Å². The summed E-state index contributed by atoms with van der Waals surface area (Å²) in [7, 11) is 0. The Bertz CT molecular complexity index is 500. The van der Waals surface area contributed by atoms with Crippen LogP contribution in [-0.2, 0) is 5.41 Å². The number of aliphatic hydroxyl groups is 1. The second-order valence-electron chi connectivity index (χ2n) is 4.74. The molecular weight excluding hydrogens is 216 g/mol. The second kappa shape index (κ2) is 4.22. The molecule has 17 heavy (non-hydrogen) atoms. The molecule has 0 atom stereocenters. The highest BCUT2D eigenvalue weighted by Gasteiger charge is 2.19. The molecule has 0 radical (unpaired) electrons. The molecule has 0 saturated carbocycles. The van der Waals surface area contributed by atoms with Gasteiger partial charge < -0.3 is 15.4 Å². The van der Waals surface area contributed by atoms with Crippen LogP contribution in [0.15, 0.2) is 34.9 Å². The second-order valence-corrected chi connectivity index (χ2v) is 4.74. The smallest absolute Gasteiger partial charge is 0.169 e. The quantitative estimate of drug-likeness (QED) is 0.850. The summed E-state index contributed by atoms with van der Waals surface area (Å²) in [5.74, 6) is 1.02. The average molecular weight is 232 g/mol. The molecule has 0 bridgehead atoms. The molecule has 0 aliphatic heterocycles. The SMILES string of the molecule is CC(C)(CO)c1ccc(-c2cc(N)no2)cc1. The molecule has 4 heteroatoms. The van der Waals surface area contributed by atoms with Gasteiger partial charge in [-0.1, -0.05) is 43.3 Å². The number of benzene rings is 1. The molecule has 2 aromatic rings. The van der Waals surface area contributed by atoms with E-state index < -0.39 is 0 Å². The third-order valence-electron chi connectivity index (χ3n) is 2.87. The van der Waals surface area contributed by atoms with Crippen molar-refractivity contribution in [2.75, 3.05) is 12.3 Å². The van der Waals surface area contributed by atoms with Crippen LogP contribution in [0.1, 0.15) is 19.4 Å². The Balaban J connectivity index is 2.30. The Morgan fingerprint density at radius 3 is 2.41 bits per heavy atom. The Hall–Kier alpha value is -1.81. The molecular formula is C13H16N2O2. The van der Waals surface area contributed by atoms with Crippen LogP contribution in [0, 0.1) is 0 Å². The zero-order chi connectivity index (χ0) is 12.5. The fourth-order valence-corrected chi connectivity index (χ4v) is 1.60. The topological polar surface area (TPSA) is 72.3 Å². The minimum atomic E-state index is -0.237. The summed E-state index contributed by atoms with van der Waals surface area (Å²) >= 11 is 0. The van der Waals surface area contributed by atoms with Crippen LogP contribution < -0.4 is 5.73 Å². The molecule has 0 fully saturated rings. The number of rotatable bonds is 3. The summed E-state index contributed by atoms with van der Waals surface area (Å²) in [6.45, 7) is 4.10. The Kier molecular flexibility index (Phi) is 2.90. The van der Waals surface area contributed by atoms with Crippen molar-refractivity contribution in [1.82, 2.24) is 5.16 Å². The average Bonchev–Trinajstić information content (AvgIpc) is 2.76. The summed E-state index contributed by atoms with van der Waals surface area (Å²) in [4.78, 5) is 0. The summed E-state index contributed by atoms with van der Waals surface area (Å²) in [5, 5.41) is 12.9. The van der Waals surface area contributed by atoms with Gasteiger partial charge in [-0.15, -0.1) is 0 Å². The van der Waals surface area contributed by atoms with Crippen LogP contribution in [0.4, 0.5) is 5.82 Å². The van der Waals surface area contributed by atoms with Gasteiger partial charge in [0.05, 0.1) is 6.61 Å². The van der Waals surface area contributed by atoms with Gasteiger partial charge in [0.2, 0.25) is 0 Å². The zero-order valence-corrected chi connectivity index (χ0v) is 9.97. The minimum Gasteiger partial charge on any atom is -0.395 e. The fourth-order valence-electron chi connectivity index (χ4n) is 1.60. The van der Waals surface area contributed by atoms with Crippen molar-refractivity contribution in [3.05, 3.63) is 35.9 Å². The third-order valence-corrected chi connectivity index (χ3v) is 2.87. The van der Waals surface area contributed by atoms with Gasteiger partial charge in [0.15, 0.2) is 11.6 Å². The molecule has 0 unspecified atom stereocenters. The predicted molar refractivity (Wildman–Crippen MR) is 66.5 cm³/mol. The van der Waals surface area contributed by atoms with Crippen LogP contribution >= 0.6 is 0 Å². The highest BCUT2D eigenvalue weighted by Crippen LogP contribution is 2.26. The molecule has 2 rings (SSSR count). The maximum Gasteiger partial charge on any atom is 0.169 e. The van der Waals surface area contributed by atoms with Gasteiger partial charge >= 0.3 is 0 Å². The van der Waals surface area contributed by atoms with E-state index >= 15 is 0 Å². The van der Waals surface area contributed by atoms with Gasteiger partial charge in [0.1, 0.15) is 0 Å². The molecule has 0 aliphatic rings. The standard InChI is InChI=1S/C13H16N2O2/c1-13(2,8-16)10-5-3-9(4-6-10)11-7-12(14)15-17-11/h3-7,16H,8H2,1-2H3,(H2,14,15). The Morgan fingerprint density at radius 2 is 1.94 bits per heavy atom. The first kappa shape index (κ1) is 11.7. The summed E-state index contributed by atoms with van der Waals surface area (Å²) in [6, 6.07) is 9.51. The monoisotopic (exact) mass is 232 g/mol. The van der Waals surface area contributed by atoms with Crippen LogP contribution in [0.2, 0.25) is 0 Å². The highest BCUT2D eigenvalue weighted by atomic mass is 16.5. The molecule has 0 aliphatic carbocycles. The van der Waals surface area contributed by atoms with Crippen molar-refractivity contribution in [1.29, 1.82) is 0 Å². The van der Waals surface area contributed by atoms with Gasteiger partial charge in [-0.25, -0.2) is 0 Å². The van der Waals surface area contributed by atoms with E-state index in [0.717, 1.165) is 11.1 Å². The van der Waals surface area contributed by atoms with E-state index in [1.807, 2.05) is 38.1 Å². The molecule has 4 nitrogen and oxygen atoms in total. The van der Waals surface area contributed by atoms with Gasteiger partial charge in [0.25, 0.3) is 0 Å². The molecule has 1 aromatic carbocycles. The van der Waals surface area contributed by atoms with E-state index in [0.29, 0.717) is 11.6 Å². The van der Waals surface area contributed by atoms with E-state index in [9.17, 15) is 5.11 Å². The maximum atomic E-state index is 9.29. The number of aliphatic hydroxyl groups excluding tert-OH is 1. The largest absolute Gasteiger partial charge is 0.395 e. The number of hydrogen-bond acceptors (Lipinski definition) is 4.